The third kappa shape index (κ3) is 2.15. The normalized spacial score (nSPS) is 14.1. The highest BCUT2D eigenvalue weighted by atomic mass is 14.9. The number of nitrogens with one attached hydrogen (secondary N) is 1. The first-order valence-electron chi connectivity index (χ1n) is 7.09. The van der Waals surface area contributed by atoms with Crippen molar-refractivity contribution in [1.29, 1.82) is 0 Å². The van der Waals surface area contributed by atoms with Crippen LogP contribution in [0.2, 0.25) is 0 Å². The quantitative estimate of drug-likeness (QED) is 0.737. The van der Waals surface area contributed by atoms with Gasteiger partial charge in [-0.15, -0.1) is 0 Å². The van der Waals surface area contributed by atoms with Crippen molar-refractivity contribution in [3.8, 4) is 11.4 Å². The molecule has 4 rings (SSSR count). The van der Waals surface area contributed by atoms with Crippen molar-refractivity contribution >= 4 is 11.0 Å². The third-order valence-electron chi connectivity index (χ3n) is 3.87. The minimum Gasteiger partial charge on any atom is -0.312 e. The standard InChI is InChI=1S/C16H15N5/c1-10-12-9-17-5-4-13(12)21-16(20-10)11-2-3-14-15(8-11)19-7-6-18-14/h2-3,6-8,17H,4-5,9H2,1H3. The van der Waals surface area contributed by atoms with Crippen molar-refractivity contribution in [2.24, 2.45) is 0 Å². The van der Waals surface area contributed by atoms with E-state index in [4.69, 9.17) is 4.98 Å². The SMILES string of the molecule is Cc1nc(-c2ccc3nccnc3c2)nc2c1CNCC2. The van der Waals surface area contributed by atoms with Crippen LogP contribution >= 0.6 is 0 Å². The van der Waals surface area contributed by atoms with E-state index in [0.717, 1.165) is 53.3 Å². The Morgan fingerprint density at radius 1 is 1.05 bits per heavy atom. The summed E-state index contributed by atoms with van der Waals surface area (Å²) in [7, 11) is 0. The Balaban J connectivity index is 1.86. The maximum Gasteiger partial charge on any atom is 0.159 e. The summed E-state index contributed by atoms with van der Waals surface area (Å²) in [5.41, 5.74) is 6.21. The maximum atomic E-state index is 4.75. The Bertz CT molecular complexity index is 828. The van der Waals surface area contributed by atoms with Gasteiger partial charge in [-0.3, -0.25) is 9.97 Å². The van der Waals surface area contributed by atoms with Crippen LogP contribution in [0.25, 0.3) is 22.4 Å². The van der Waals surface area contributed by atoms with Crippen LogP contribution in [-0.2, 0) is 13.0 Å². The zero-order valence-corrected chi connectivity index (χ0v) is 11.8. The molecule has 0 fully saturated rings. The van der Waals surface area contributed by atoms with Crippen molar-refractivity contribution in [1.82, 2.24) is 25.3 Å². The minimum absolute atomic E-state index is 0.778. The van der Waals surface area contributed by atoms with Crippen LogP contribution in [0.4, 0.5) is 0 Å². The predicted octanol–water partition coefficient (Wildman–Crippen LogP) is 2.04. The largest absolute Gasteiger partial charge is 0.312 e. The summed E-state index contributed by atoms with van der Waals surface area (Å²) < 4.78 is 0. The van der Waals surface area contributed by atoms with Gasteiger partial charge in [0.1, 0.15) is 0 Å². The maximum absolute atomic E-state index is 4.75. The fourth-order valence-corrected chi connectivity index (χ4v) is 2.74. The first-order valence-corrected chi connectivity index (χ1v) is 7.09. The summed E-state index contributed by atoms with van der Waals surface area (Å²) in [5.74, 6) is 0.778. The number of aromatic nitrogens is 4. The van der Waals surface area contributed by atoms with Crippen molar-refractivity contribution in [2.45, 2.75) is 19.9 Å². The van der Waals surface area contributed by atoms with Gasteiger partial charge in [-0.1, -0.05) is 0 Å². The Kier molecular flexibility index (Phi) is 2.86. The van der Waals surface area contributed by atoms with E-state index in [1.165, 1.54) is 5.56 Å². The Labute approximate surface area is 122 Å². The number of hydrogen-bond donors (Lipinski definition) is 1. The van der Waals surface area contributed by atoms with E-state index in [1.807, 2.05) is 18.2 Å². The van der Waals surface area contributed by atoms with E-state index in [-0.39, 0.29) is 0 Å². The molecule has 2 aromatic heterocycles. The molecule has 0 bridgehead atoms. The first-order chi connectivity index (χ1) is 10.3. The van der Waals surface area contributed by atoms with E-state index < -0.39 is 0 Å². The van der Waals surface area contributed by atoms with Gasteiger partial charge in [0.25, 0.3) is 0 Å². The van der Waals surface area contributed by atoms with Crippen molar-refractivity contribution in [3.05, 3.63) is 47.5 Å². The molecule has 0 radical (unpaired) electrons. The molecule has 3 heterocycles. The van der Waals surface area contributed by atoms with Crippen LogP contribution in [-0.4, -0.2) is 26.5 Å². The molecule has 0 aliphatic carbocycles. The average molecular weight is 277 g/mol. The van der Waals surface area contributed by atoms with Crippen LogP contribution in [0.3, 0.4) is 0 Å². The van der Waals surface area contributed by atoms with Gasteiger partial charge < -0.3 is 5.32 Å². The van der Waals surface area contributed by atoms with E-state index in [9.17, 15) is 0 Å². The van der Waals surface area contributed by atoms with E-state index >= 15 is 0 Å². The molecule has 0 atom stereocenters. The molecular formula is C16H15N5. The van der Waals surface area contributed by atoms with Gasteiger partial charge in [0, 0.05) is 48.7 Å². The Morgan fingerprint density at radius 2 is 1.90 bits per heavy atom. The molecule has 0 unspecified atom stereocenters. The van der Waals surface area contributed by atoms with Crippen LogP contribution < -0.4 is 5.32 Å². The minimum atomic E-state index is 0.778. The number of rotatable bonds is 1. The second kappa shape index (κ2) is 4.86. The topological polar surface area (TPSA) is 63.6 Å². The summed E-state index contributed by atoms with van der Waals surface area (Å²) in [5, 5.41) is 3.37. The average Bonchev–Trinajstić information content (AvgIpc) is 2.54. The number of nitrogens with zero attached hydrogens (tertiary/aromatic N) is 4. The molecule has 3 aromatic rings. The molecule has 21 heavy (non-hydrogen) atoms. The lowest BCUT2D eigenvalue weighted by Gasteiger charge is -2.18. The molecule has 0 saturated carbocycles. The summed E-state index contributed by atoms with van der Waals surface area (Å²) in [6.45, 7) is 3.90. The van der Waals surface area contributed by atoms with Gasteiger partial charge in [0.15, 0.2) is 5.82 Å². The first kappa shape index (κ1) is 12.3. The smallest absolute Gasteiger partial charge is 0.159 e. The lowest BCUT2D eigenvalue weighted by molar-refractivity contribution is 0.622. The van der Waals surface area contributed by atoms with Crippen LogP contribution in [0.5, 0.6) is 0 Å². The van der Waals surface area contributed by atoms with Crippen molar-refractivity contribution < 1.29 is 0 Å². The van der Waals surface area contributed by atoms with Crippen LogP contribution in [0, 0.1) is 6.92 Å². The summed E-state index contributed by atoms with van der Waals surface area (Å²) in [4.78, 5) is 18.1. The lowest BCUT2D eigenvalue weighted by Crippen LogP contribution is -2.26. The van der Waals surface area contributed by atoms with Gasteiger partial charge in [-0.25, -0.2) is 9.97 Å². The van der Waals surface area contributed by atoms with Crippen molar-refractivity contribution in [3.63, 3.8) is 0 Å². The van der Waals surface area contributed by atoms with Gasteiger partial charge >= 0.3 is 0 Å². The summed E-state index contributed by atoms with van der Waals surface area (Å²) in [6.07, 6.45) is 4.37. The number of aryl methyl sites for hydroxylation is 1. The molecule has 1 aliphatic heterocycles. The zero-order chi connectivity index (χ0) is 14.2. The number of hydrogen-bond acceptors (Lipinski definition) is 5. The molecule has 0 spiro atoms. The Morgan fingerprint density at radius 3 is 2.81 bits per heavy atom. The monoisotopic (exact) mass is 277 g/mol. The molecule has 0 amide bonds. The molecule has 1 N–H and O–H groups in total. The molecule has 5 heteroatoms. The second-order valence-electron chi connectivity index (χ2n) is 5.24. The highest BCUT2D eigenvalue weighted by Gasteiger charge is 2.16. The number of benzene rings is 1. The fraction of sp³-hybridized carbons (Fsp3) is 0.250. The second-order valence-corrected chi connectivity index (χ2v) is 5.24. The van der Waals surface area contributed by atoms with Gasteiger partial charge in [-0.2, -0.15) is 0 Å². The molecule has 1 aromatic carbocycles. The van der Waals surface area contributed by atoms with E-state index in [1.54, 1.807) is 12.4 Å². The molecule has 1 aliphatic rings. The third-order valence-corrected chi connectivity index (χ3v) is 3.87. The lowest BCUT2D eigenvalue weighted by atomic mass is 10.0. The highest BCUT2D eigenvalue weighted by molar-refractivity contribution is 5.79. The molecule has 5 nitrogen and oxygen atoms in total. The zero-order valence-electron chi connectivity index (χ0n) is 11.8. The predicted molar refractivity (Wildman–Crippen MR) is 80.7 cm³/mol. The van der Waals surface area contributed by atoms with E-state index in [2.05, 4.69) is 27.2 Å². The fourth-order valence-electron chi connectivity index (χ4n) is 2.74. The summed E-state index contributed by atoms with van der Waals surface area (Å²) in [6, 6.07) is 5.99. The molecule has 104 valence electrons. The number of fused-ring (bicyclic) bond motifs is 2. The highest BCUT2D eigenvalue weighted by Crippen LogP contribution is 2.23. The summed E-state index contributed by atoms with van der Waals surface area (Å²) >= 11 is 0. The van der Waals surface area contributed by atoms with Crippen molar-refractivity contribution in [2.75, 3.05) is 6.54 Å². The van der Waals surface area contributed by atoms with Crippen LogP contribution in [0.1, 0.15) is 17.0 Å². The molecule has 0 saturated heterocycles. The Hall–Kier alpha value is -2.40. The van der Waals surface area contributed by atoms with E-state index in [0.29, 0.717) is 0 Å². The van der Waals surface area contributed by atoms with Gasteiger partial charge in [-0.05, 0) is 25.1 Å². The molecular weight excluding hydrogens is 262 g/mol. The van der Waals surface area contributed by atoms with Gasteiger partial charge in [0.2, 0.25) is 0 Å². The van der Waals surface area contributed by atoms with Crippen LogP contribution in [0.15, 0.2) is 30.6 Å². The van der Waals surface area contributed by atoms with Gasteiger partial charge in [0.05, 0.1) is 16.7 Å².